The monoisotopic (exact) mass is 334 g/mol. The van der Waals surface area contributed by atoms with Crippen LogP contribution in [0.5, 0.6) is 0 Å². The number of benzene rings is 1. The van der Waals surface area contributed by atoms with Crippen LogP contribution in [0.25, 0.3) is 0 Å². The number of hydrogen-bond donors (Lipinski definition) is 0. The van der Waals surface area contributed by atoms with Crippen LogP contribution < -0.4 is 0 Å². The molecule has 0 saturated carbocycles. The van der Waals surface area contributed by atoms with E-state index in [4.69, 9.17) is 9.47 Å². The summed E-state index contributed by atoms with van der Waals surface area (Å²) in [6.07, 6.45) is -0.269. The number of carbonyl (C=O) groups is 2. The quantitative estimate of drug-likeness (QED) is 0.746. The summed E-state index contributed by atoms with van der Waals surface area (Å²) in [5, 5.41) is 0. The largest absolute Gasteiger partial charge is 0.460 e. The molecule has 1 fully saturated rings. The Balaban J connectivity index is 1.65. The van der Waals surface area contributed by atoms with Crippen LogP contribution in [-0.2, 0) is 20.9 Å². The van der Waals surface area contributed by atoms with Crippen LogP contribution in [0.4, 0.5) is 4.79 Å². The van der Waals surface area contributed by atoms with Crippen molar-refractivity contribution in [3.63, 3.8) is 0 Å². The Bertz CT molecular complexity index is 525. The molecule has 1 amide bonds. The number of carbonyl (C=O) groups excluding carboxylic acids is 2. The highest BCUT2D eigenvalue weighted by atomic mass is 16.6. The minimum Gasteiger partial charge on any atom is -0.460 e. The van der Waals surface area contributed by atoms with Crippen molar-refractivity contribution in [3.8, 4) is 0 Å². The molecule has 2 rings (SSSR count). The molecule has 1 saturated heterocycles. The number of nitrogens with zero attached hydrogens (tertiary/aromatic N) is 2. The Kier molecular flexibility index (Phi) is 7.06. The molecule has 1 aliphatic heterocycles. The third kappa shape index (κ3) is 6.20. The van der Waals surface area contributed by atoms with Crippen LogP contribution in [0.3, 0.4) is 0 Å². The van der Waals surface area contributed by atoms with Gasteiger partial charge in [0, 0.05) is 26.2 Å². The molecule has 1 heterocycles. The molecule has 1 aromatic carbocycles. The molecule has 0 aromatic heterocycles. The predicted octanol–water partition coefficient (Wildman–Crippen LogP) is 2.14. The van der Waals surface area contributed by atoms with E-state index in [9.17, 15) is 9.59 Å². The molecular weight excluding hydrogens is 308 g/mol. The highest BCUT2D eigenvalue weighted by Gasteiger charge is 2.23. The van der Waals surface area contributed by atoms with Crippen LogP contribution in [-0.4, -0.2) is 61.2 Å². The van der Waals surface area contributed by atoms with Gasteiger partial charge in [-0.2, -0.15) is 0 Å². The van der Waals surface area contributed by atoms with Crippen LogP contribution in [0, 0.1) is 5.92 Å². The first-order chi connectivity index (χ1) is 11.5. The van der Waals surface area contributed by atoms with Crippen LogP contribution in [0.2, 0.25) is 0 Å². The molecule has 1 aliphatic rings. The molecule has 6 nitrogen and oxygen atoms in total. The lowest BCUT2D eigenvalue weighted by Gasteiger charge is -2.33. The summed E-state index contributed by atoms with van der Waals surface area (Å²) < 4.78 is 10.5. The zero-order valence-electron chi connectivity index (χ0n) is 14.4. The molecule has 1 aromatic rings. The Labute approximate surface area is 143 Å². The Morgan fingerprint density at radius 2 is 1.71 bits per heavy atom. The number of rotatable bonds is 6. The third-order valence-electron chi connectivity index (χ3n) is 3.77. The zero-order chi connectivity index (χ0) is 17.4. The first-order valence-electron chi connectivity index (χ1n) is 8.38. The minimum atomic E-state index is -0.269. The minimum absolute atomic E-state index is 0.241. The Morgan fingerprint density at radius 1 is 1.04 bits per heavy atom. The van der Waals surface area contributed by atoms with Gasteiger partial charge in [-0.15, -0.1) is 0 Å². The van der Waals surface area contributed by atoms with Gasteiger partial charge in [0.2, 0.25) is 0 Å². The maximum atomic E-state index is 11.9. The van der Waals surface area contributed by atoms with Gasteiger partial charge in [-0.3, -0.25) is 9.69 Å². The van der Waals surface area contributed by atoms with Crippen molar-refractivity contribution < 1.29 is 19.1 Å². The number of ether oxygens (including phenoxy) is 2. The smallest absolute Gasteiger partial charge is 0.409 e. The van der Waals surface area contributed by atoms with E-state index in [1.165, 1.54) is 0 Å². The second-order valence-electron chi connectivity index (χ2n) is 6.38. The van der Waals surface area contributed by atoms with E-state index in [-0.39, 0.29) is 18.6 Å². The predicted molar refractivity (Wildman–Crippen MR) is 90.4 cm³/mol. The second-order valence-corrected chi connectivity index (χ2v) is 6.38. The molecule has 0 unspecified atom stereocenters. The van der Waals surface area contributed by atoms with Crippen molar-refractivity contribution in [2.24, 2.45) is 5.92 Å². The SMILES string of the molecule is CC(C)COC(=O)N1CCN(CC(=O)OCc2ccccc2)CC1. The number of amides is 1. The molecule has 0 bridgehead atoms. The van der Waals surface area contributed by atoms with Gasteiger partial charge in [-0.25, -0.2) is 4.79 Å². The highest BCUT2D eigenvalue weighted by molar-refractivity contribution is 5.72. The fraction of sp³-hybridized carbons (Fsp3) is 0.556. The number of esters is 1. The molecule has 0 spiro atoms. The topological polar surface area (TPSA) is 59.1 Å². The highest BCUT2D eigenvalue weighted by Crippen LogP contribution is 2.06. The molecule has 132 valence electrons. The number of piperazine rings is 1. The molecule has 0 aliphatic carbocycles. The summed E-state index contributed by atoms with van der Waals surface area (Å²) in [6.45, 7) is 7.44. The molecule has 0 N–H and O–H groups in total. The van der Waals surface area contributed by atoms with Crippen molar-refractivity contribution in [1.29, 1.82) is 0 Å². The maximum absolute atomic E-state index is 11.9. The summed E-state index contributed by atoms with van der Waals surface area (Å²) in [6, 6.07) is 9.61. The molecule has 24 heavy (non-hydrogen) atoms. The van der Waals surface area contributed by atoms with Crippen molar-refractivity contribution in [1.82, 2.24) is 9.80 Å². The van der Waals surface area contributed by atoms with Gasteiger partial charge in [0.1, 0.15) is 6.61 Å². The fourth-order valence-corrected chi connectivity index (χ4v) is 2.38. The normalized spacial score (nSPS) is 15.4. The third-order valence-corrected chi connectivity index (χ3v) is 3.77. The van der Waals surface area contributed by atoms with Crippen molar-refractivity contribution in [3.05, 3.63) is 35.9 Å². The first kappa shape index (κ1) is 18.3. The Hall–Kier alpha value is -2.08. The first-order valence-corrected chi connectivity index (χ1v) is 8.38. The summed E-state index contributed by atoms with van der Waals surface area (Å²) in [5.74, 6) is 0.0873. The van der Waals surface area contributed by atoms with Gasteiger partial charge in [-0.05, 0) is 11.5 Å². The Morgan fingerprint density at radius 3 is 2.33 bits per heavy atom. The van der Waals surface area contributed by atoms with E-state index in [2.05, 4.69) is 0 Å². The summed E-state index contributed by atoms with van der Waals surface area (Å²) in [7, 11) is 0. The van der Waals surface area contributed by atoms with E-state index in [0.717, 1.165) is 5.56 Å². The van der Waals surface area contributed by atoms with Gasteiger partial charge < -0.3 is 14.4 Å². The average Bonchev–Trinajstić information content (AvgIpc) is 2.59. The van der Waals surface area contributed by atoms with Gasteiger partial charge >= 0.3 is 12.1 Å². The van der Waals surface area contributed by atoms with E-state index in [1.807, 2.05) is 49.1 Å². The summed E-state index contributed by atoms with van der Waals surface area (Å²) >= 11 is 0. The van der Waals surface area contributed by atoms with Gasteiger partial charge in [0.05, 0.1) is 13.2 Å². The van der Waals surface area contributed by atoms with Gasteiger partial charge in [0.25, 0.3) is 0 Å². The summed E-state index contributed by atoms with van der Waals surface area (Å²) in [4.78, 5) is 27.5. The van der Waals surface area contributed by atoms with Gasteiger partial charge in [-0.1, -0.05) is 44.2 Å². The number of hydrogen-bond acceptors (Lipinski definition) is 5. The van der Waals surface area contributed by atoms with Gasteiger partial charge in [0.15, 0.2) is 0 Å². The lowest BCUT2D eigenvalue weighted by atomic mass is 10.2. The van der Waals surface area contributed by atoms with Crippen LogP contribution in [0.1, 0.15) is 19.4 Å². The van der Waals surface area contributed by atoms with Crippen molar-refractivity contribution >= 4 is 12.1 Å². The van der Waals surface area contributed by atoms with Crippen LogP contribution >= 0.6 is 0 Å². The fourth-order valence-electron chi connectivity index (χ4n) is 2.38. The van der Waals surface area contributed by atoms with E-state index < -0.39 is 0 Å². The van der Waals surface area contributed by atoms with Crippen LogP contribution in [0.15, 0.2) is 30.3 Å². The summed E-state index contributed by atoms with van der Waals surface area (Å²) in [5.41, 5.74) is 0.976. The van der Waals surface area contributed by atoms with Crippen molar-refractivity contribution in [2.75, 3.05) is 39.3 Å². The molecule has 0 radical (unpaired) electrons. The average molecular weight is 334 g/mol. The molecule has 6 heteroatoms. The van der Waals surface area contributed by atoms with E-state index in [0.29, 0.717) is 45.3 Å². The second kappa shape index (κ2) is 9.27. The maximum Gasteiger partial charge on any atom is 0.409 e. The van der Waals surface area contributed by atoms with E-state index >= 15 is 0 Å². The standard InChI is InChI=1S/C18H26N2O4/c1-15(2)13-24-18(22)20-10-8-19(9-11-20)12-17(21)23-14-16-6-4-3-5-7-16/h3-7,15H,8-14H2,1-2H3. The van der Waals surface area contributed by atoms with E-state index in [1.54, 1.807) is 4.90 Å². The zero-order valence-corrected chi connectivity index (χ0v) is 14.4. The lowest BCUT2D eigenvalue weighted by Crippen LogP contribution is -2.50. The van der Waals surface area contributed by atoms with Crippen molar-refractivity contribution in [2.45, 2.75) is 20.5 Å². The molecular formula is C18H26N2O4. The lowest BCUT2D eigenvalue weighted by molar-refractivity contribution is -0.146. The molecule has 0 atom stereocenters.